The van der Waals surface area contributed by atoms with Crippen LogP contribution in [0.5, 0.6) is 0 Å². The monoisotopic (exact) mass is 234 g/mol. The molecule has 0 aliphatic heterocycles. The van der Waals surface area contributed by atoms with E-state index in [-0.39, 0.29) is 0 Å². The molecule has 0 unspecified atom stereocenters. The quantitative estimate of drug-likeness (QED) is 0.826. The van der Waals surface area contributed by atoms with Crippen molar-refractivity contribution < 1.29 is 0 Å². The molecule has 5 heteroatoms. The molecule has 0 aromatic carbocycles. The van der Waals surface area contributed by atoms with E-state index in [9.17, 15) is 0 Å². The third-order valence-electron chi connectivity index (χ3n) is 2.37. The molecule has 1 N–H and O–H groups in total. The van der Waals surface area contributed by atoms with Crippen molar-refractivity contribution in [2.45, 2.75) is 26.3 Å². The molecule has 0 saturated heterocycles. The number of rotatable bonds is 4. The van der Waals surface area contributed by atoms with Gasteiger partial charge >= 0.3 is 0 Å². The largest absolute Gasteiger partial charge is 0.304 e. The molecular weight excluding hydrogens is 220 g/mol. The van der Waals surface area contributed by atoms with Crippen molar-refractivity contribution in [3.8, 4) is 0 Å². The maximum absolute atomic E-state index is 5.18. The Balaban J connectivity index is 2.25. The predicted molar refractivity (Wildman–Crippen MR) is 64.7 cm³/mol. The number of aromatic nitrogens is 4. The first-order valence-corrected chi connectivity index (χ1v) is 5.75. The molecule has 2 aromatic rings. The van der Waals surface area contributed by atoms with E-state index < -0.39 is 0 Å². The molecule has 84 valence electrons. The van der Waals surface area contributed by atoms with E-state index in [1.807, 2.05) is 22.9 Å². The summed E-state index contributed by atoms with van der Waals surface area (Å²) < 4.78 is 2.74. The van der Waals surface area contributed by atoms with Gasteiger partial charge in [0.25, 0.3) is 0 Å². The minimum Gasteiger partial charge on any atom is -0.304 e. The van der Waals surface area contributed by atoms with Gasteiger partial charge in [-0.1, -0.05) is 13.0 Å². The molecule has 0 spiro atoms. The summed E-state index contributed by atoms with van der Waals surface area (Å²) >= 11 is 5.18. The lowest BCUT2D eigenvalue weighted by molar-refractivity contribution is 0.639. The van der Waals surface area contributed by atoms with Gasteiger partial charge in [-0.3, -0.25) is 10.1 Å². The fraction of sp³-hybridized carbons (Fsp3) is 0.364. The zero-order valence-electron chi connectivity index (χ0n) is 9.18. The second kappa shape index (κ2) is 5.03. The number of nitrogens with zero attached hydrogens (tertiary/aromatic N) is 3. The lowest BCUT2D eigenvalue weighted by atomic mass is 10.2. The van der Waals surface area contributed by atoms with Gasteiger partial charge in [-0.15, -0.1) is 0 Å². The van der Waals surface area contributed by atoms with E-state index in [0.29, 0.717) is 4.77 Å². The smallest absolute Gasteiger partial charge is 0.195 e. The van der Waals surface area contributed by atoms with E-state index in [4.69, 9.17) is 12.2 Å². The van der Waals surface area contributed by atoms with Crippen LogP contribution >= 0.6 is 12.2 Å². The van der Waals surface area contributed by atoms with Crippen LogP contribution in [-0.4, -0.2) is 19.7 Å². The van der Waals surface area contributed by atoms with Crippen LogP contribution in [0.25, 0.3) is 0 Å². The van der Waals surface area contributed by atoms with Crippen molar-refractivity contribution >= 4 is 12.2 Å². The number of hydrogen-bond donors (Lipinski definition) is 1. The van der Waals surface area contributed by atoms with Gasteiger partial charge in [0.15, 0.2) is 4.77 Å². The summed E-state index contributed by atoms with van der Waals surface area (Å²) in [7, 11) is 0. The number of pyridine rings is 1. The third kappa shape index (κ3) is 2.36. The van der Waals surface area contributed by atoms with Crippen LogP contribution in [0.1, 0.15) is 24.7 Å². The van der Waals surface area contributed by atoms with Crippen molar-refractivity contribution in [2.75, 3.05) is 0 Å². The van der Waals surface area contributed by atoms with Gasteiger partial charge in [0.1, 0.15) is 5.82 Å². The molecule has 4 nitrogen and oxygen atoms in total. The Hall–Kier alpha value is -1.49. The summed E-state index contributed by atoms with van der Waals surface area (Å²) in [5.41, 5.74) is 1.15. The molecular formula is C11H14N4S. The Morgan fingerprint density at radius 1 is 1.50 bits per heavy atom. The van der Waals surface area contributed by atoms with Gasteiger partial charge < -0.3 is 4.57 Å². The molecule has 0 amide bonds. The molecule has 2 rings (SSSR count). The van der Waals surface area contributed by atoms with Gasteiger partial charge in [-0.2, -0.15) is 5.10 Å². The maximum Gasteiger partial charge on any atom is 0.195 e. The van der Waals surface area contributed by atoms with Crippen molar-refractivity contribution in [3.63, 3.8) is 0 Å². The van der Waals surface area contributed by atoms with Gasteiger partial charge in [-0.25, -0.2) is 0 Å². The van der Waals surface area contributed by atoms with Gasteiger partial charge in [0.2, 0.25) is 0 Å². The summed E-state index contributed by atoms with van der Waals surface area (Å²) in [5.74, 6) is 0.972. The molecule has 2 aromatic heterocycles. The number of nitrogens with one attached hydrogen (secondary N) is 1. The van der Waals surface area contributed by atoms with Gasteiger partial charge in [0.05, 0.1) is 0 Å². The summed E-state index contributed by atoms with van der Waals surface area (Å²) in [5, 5.41) is 7.09. The molecule has 16 heavy (non-hydrogen) atoms. The minimum atomic E-state index is 0.695. The van der Waals surface area contributed by atoms with Crippen LogP contribution in [0.2, 0.25) is 0 Å². The molecule has 0 aliphatic rings. The zero-order valence-corrected chi connectivity index (χ0v) is 10.00. The first-order valence-electron chi connectivity index (χ1n) is 5.34. The van der Waals surface area contributed by atoms with E-state index in [1.54, 1.807) is 6.20 Å². The first kappa shape index (κ1) is 11.0. The highest BCUT2D eigenvalue weighted by Crippen LogP contribution is 2.07. The topological polar surface area (TPSA) is 46.5 Å². The highest BCUT2D eigenvalue weighted by atomic mass is 32.1. The van der Waals surface area contributed by atoms with Crippen LogP contribution in [0.4, 0.5) is 0 Å². The van der Waals surface area contributed by atoms with Crippen LogP contribution < -0.4 is 0 Å². The fourth-order valence-electron chi connectivity index (χ4n) is 1.62. The summed E-state index contributed by atoms with van der Waals surface area (Å²) in [6, 6.07) is 3.97. The minimum absolute atomic E-state index is 0.695. The normalized spacial score (nSPS) is 10.6. The van der Waals surface area contributed by atoms with Crippen molar-refractivity contribution in [1.82, 2.24) is 19.7 Å². The summed E-state index contributed by atoms with van der Waals surface area (Å²) in [6.45, 7) is 3.04. The van der Waals surface area contributed by atoms with E-state index in [2.05, 4.69) is 22.1 Å². The Morgan fingerprint density at radius 3 is 3.06 bits per heavy atom. The highest BCUT2D eigenvalue weighted by Gasteiger charge is 2.05. The van der Waals surface area contributed by atoms with Crippen molar-refractivity contribution in [2.24, 2.45) is 0 Å². The second-order valence-corrected chi connectivity index (χ2v) is 4.02. The van der Waals surface area contributed by atoms with Crippen LogP contribution in [0, 0.1) is 4.77 Å². The fourth-order valence-corrected chi connectivity index (χ4v) is 1.87. The number of aromatic amines is 1. The zero-order chi connectivity index (χ0) is 11.4. The third-order valence-corrected chi connectivity index (χ3v) is 2.68. The first-order chi connectivity index (χ1) is 7.81. The van der Waals surface area contributed by atoms with Crippen LogP contribution in [0.15, 0.2) is 24.5 Å². The molecule has 0 bridgehead atoms. The Bertz CT molecular complexity index is 500. The lowest BCUT2D eigenvalue weighted by Gasteiger charge is -2.04. The summed E-state index contributed by atoms with van der Waals surface area (Å²) in [4.78, 5) is 4.09. The number of H-pyrrole nitrogens is 1. The number of hydrogen-bond acceptors (Lipinski definition) is 3. The molecule has 0 saturated carbocycles. The average Bonchev–Trinajstić information content (AvgIpc) is 2.64. The maximum atomic E-state index is 5.18. The Kier molecular flexibility index (Phi) is 3.46. The molecule has 0 atom stereocenters. The molecule has 0 aliphatic carbocycles. The summed E-state index contributed by atoms with van der Waals surface area (Å²) in [6.07, 6.45) is 5.44. The van der Waals surface area contributed by atoms with E-state index in [1.165, 1.54) is 0 Å². The van der Waals surface area contributed by atoms with E-state index in [0.717, 1.165) is 30.8 Å². The van der Waals surface area contributed by atoms with E-state index >= 15 is 0 Å². The van der Waals surface area contributed by atoms with Crippen molar-refractivity contribution in [3.05, 3.63) is 40.7 Å². The molecule has 2 heterocycles. The average molecular weight is 234 g/mol. The van der Waals surface area contributed by atoms with Crippen LogP contribution in [-0.2, 0) is 13.0 Å². The second-order valence-electron chi connectivity index (χ2n) is 3.63. The Morgan fingerprint density at radius 2 is 2.38 bits per heavy atom. The van der Waals surface area contributed by atoms with Crippen molar-refractivity contribution in [1.29, 1.82) is 0 Å². The molecule has 0 radical (unpaired) electrons. The lowest BCUT2D eigenvalue weighted by Crippen LogP contribution is -2.04. The predicted octanol–water partition coefficient (Wildman–Crippen LogP) is 2.34. The standard InChI is InChI=1S/C11H14N4S/c1-2-6-15-10(13-14-11(15)16)7-9-4-3-5-12-8-9/h3-5,8H,2,6-7H2,1H3,(H,14,16). The SMILES string of the molecule is CCCn1c(Cc2cccnc2)n[nH]c1=S. The van der Waals surface area contributed by atoms with Gasteiger partial charge in [-0.05, 0) is 30.3 Å². The Labute approximate surface area is 99.4 Å². The molecule has 0 fully saturated rings. The van der Waals surface area contributed by atoms with Gasteiger partial charge in [0, 0.05) is 25.4 Å². The van der Waals surface area contributed by atoms with Crippen LogP contribution in [0.3, 0.4) is 0 Å². The highest BCUT2D eigenvalue weighted by molar-refractivity contribution is 7.71.